The molecule has 1 unspecified atom stereocenters. The molecule has 1 atom stereocenters. The van der Waals surface area contributed by atoms with Crippen LogP contribution in [-0.4, -0.2) is 33.4 Å². The second-order valence-electron chi connectivity index (χ2n) is 4.61. The van der Waals surface area contributed by atoms with Gasteiger partial charge in [0.15, 0.2) is 0 Å². The Hall–Kier alpha value is -1.67. The van der Waals surface area contributed by atoms with E-state index in [0.717, 1.165) is 13.0 Å². The van der Waals surface area contributed by atoms with Crippen LogP contribution in [0.2, 0.25) is 0 Å². The summed E-state index contributed by atoms with van der Waals surface area (Å²) in [6.07, 6.45) is 5.03. The van der Waals surface area contributed by atoms with Gasteiger partial charge in [0.1, 0.15) is 6.20 Å². The quantitative estimate of drug-likeness (QED) is 0.645. The van der Waals surface area contributed by atoms with Crippen LogP contribution in [0.5, 0.6) is 0 Å². The largest absolute Gasteiger partial charge is 0.372 e. The first kappa shape index (κ1) is 12.4. The number of hydrogen-bond donors (Lipinski definition) is 2. The molecule has 1 aliphatic rings. The minimum atomic E-state index is -0.386. The zero-order valence-electron chi connectivity index (χ0n) is 10.3. The van der Waals surface area contributed by atoms with Crippen LogP contribution < -0.4 is 10.6 Å². The van der Waals surface area contributed by atoms with E-state index in [1.807, 2.05) is 0 Å². The van der Waals surface area contributed by atoms with Crippen LogP contribution in [0.4, 0.5) is 11.6 Å². The third-order valence-electron chi connectivity index (χ3n) is 3.36. The van der Waals surface area contributed by atoms with E-state index >= 15 is 0 Å². The summed E-state index contributed by atoms with van der Waals surface area (Å²) in [5.74, 6) is 0.394. The Morgan fingerprint density at radius 2 is 2.58 bits per heavy atom. The molecule has 0 aromatic carbocycles. The van der Waals surface area contributed by atoms with Crippen LogP contribution in [0.3, 0.4) is 0 Å². The normalized spacial score (nSPS) is 19.1. The number of rotatable bonds is 5. The van der Waals surface area contributed by atoms with E-state index in [2.05, 4.69) is 15.6 Å². The first-order valence-corrected chi connectivity index (χ1v) is 7.21. The highest BCUT2D eigenvalue weighted by Crippen LogP contribution is 2.27. The average Bonchev–Trinajstić information content (AvgIpc) is 3.02. The molecular weight excluding hydrogens is 266 g/mol. The number of fused-ring (bicyclic) bond motifs is 1. The molecule has 2 N–H and O–H groups in total. The van der Waals surface area contributed by atoms with Gasteiger partial charge in [0.05, 0.1) is 0 Å². The molecule has 2 aromatic heterocycles. The molecule has 0 bridgehead atoms. The van der Waals surface area contributed by atoms with E-state index in [1.165, 1.54) is 28.6 Å². The second-order valence-corrected chi connectivity index (χ2v) is 5.48. The molecule has 0 spiro atoms. The van der Waals surface area contributed by atoms with Crippen LogP contribution in [-0.2, 0) is 0 Å². The van der Waals surface area contributed by atoms with Crippen molar-refractivity contribution in [2.24, 2.45) is 0 Å². The number of thiazole rings is 1. The maximum Gasteiger partial charge on any atom is 0.372 e. The van der Waals surface area contributed by atoms with E-state index in [4.69, 9.17) is 0 Å². The molecule has 1 saturated heterocycles. The maximum atomic E-state index is 11.1. The van der Waals surface area contributed by atoms with Gasteiger partial charge in [-0.05, 0) is 30.7 Å². The molecule has 1 aliphatic heterocycles. The molecule has 19 heavy (non-hydrogen) atoms. The fourth-order valence-corrected chi connectivity index (χ4v) is 3.14. The van der Waals surface area contributed by atoms with Crippen molar-refractivity contribution in [3.05, 3.63) is 21.7 Å². The van der Waals surface area contributed by atoms with Crippen molar-refractivity contribution in [2.75, 3.05) is 18.4 Å². The van der Waals surface area contributed by atoms with E-state index in [9.17, 15) is 10.1 Å². The van der Waals surface area contributed by atoms with Gasteiger partial charge in [0.25, 0.3) is 4.96 Å². The monoisotopic (exact) mass is 281 g/mol. The SMILES string of the molecule is O=[N+]([O-])c1c(NCCC2CCCN2)nc2sccn12. The minimum Gasteiger partial charge on any atom is -0.363 e. The first-order valence-electron chi connectivity index (χ1n) is 6.33. The summed E-state index contributed by atoms with van der Waals surface area (Å²) < 4.78 is 1.51. The smallest absolute Gasteiger partial charge is 0.363 e. The third kappa shape index (κ3) is 2.41. The standard InChI is InChI=1S/C11H15N5O2S/c17-16(18)10-9(14-11-15(10)6-7-19-11)13-5-3-8-2-1-4-12-8/h6-8,12-13H,1-5H2. The predicted molar refractivity (Wildman–Crippen MR) is 73.9 cm³/mol. The average molecular weight is 281 g/mol. The maximum absolute atomic E-state index is 11.1. The molecule has 0 saturated carbocycles. The van der Waals surface area contributed by atoms with Gasteiger partial charge in [-0.15, -0.1) is 0 Å². The van der Waals surface area contributed by atoms with Crippen molar-refractivity contribution < 1.29 is 4.92 Å². The van der Waals surface area contributed by atoms with Crippen LogP contribution in [0.25, 0.3) is 4.96 Å². The van der Waals surface area contributed by atoms with Gasteiger partial charge in [0, 0.05) is 18.0 Å². The van der Waals surface area contributed by atoms with E-state index in [0.29, 0.717) is 23.4 Å². The Kier molecular flexibility index (Phi) is 3.34. The molecular formula is C11H15N5O2S. The summed E-state index contributed by atoms with van der Waals surface area (Å²) in [6.45, 7) is 1.77. The Morgan fingerprint density at radius 3 is 3.32 bits per heavy atom. The lowest BCUT2D eigenvalue weighted by Crippen LogP contribution is -2.24. The predicted octanol–water partition coefficient (Wildman–Crippen LogP) is 1.86. The lowest BCUT2D eigenvalue weighted by molar-refractivity contribution is -0.389. The summed E-state index contributed by atoms with van der Waals surface area (Å²) >= 11 is 1.39. The fraction of sp³-hybridized carbons (Fsp3) is 0.545. The number of anilines is 1. The van der Waals surface area contributed by atoms with Crippen molar-refractivity contribution in [1.29, 1.82) is 0 Å². The Balaban J connectivity index is 1.70. The number of imidazole rings is 1. The van der Waals surface area contributed by atoms with Crippen molar-refractivity contribution in [2.45, 2.75) is 25.3 Å². The second kappa shape index (κ2) is 5.14. The lowest BCUT2D eigenvalue weighted by Gasteiger charge is -2.09. The van der Waals surface area contributed by atoms with Crippen LogP contribution >= 0.6 is 11.3 Å². The highest BCUT2D eigenvalue weighted by atomic mass is 32.1. The van der Waals surface area contributed by atoms with Gasteiger partial charge in [-0.2, -0.15) is 9.38 Å². The van der Waals surface area contributed by atoms with Crippen LogP contribution in [0.1, 0.15) is 19.3 Å². The van der Waals surface area contributed by atoms with Gasteiger partial charge < -0.3 is 20.7 Å². The number of nitro groups is 1. The number of nitrogens with zero attached hydrogens (tertiary/aromatic N) is 3. The molecule has 0 radical (unpaired) electrons. The molecule has 2 aromatic rings. The number of aromatic nitrogens is 2. The summed E-state index contributed by atoms with van der Waals surface area (Å²) in [5, 5.41) is 19.4. The lowest BCUT2D eigenvalue weighted by atomic mass is 10.1. The van der Waals surface area contributed by atoms with E-state index in [-0.39, 0.29) is 10.7 Å². The number of hydrogen-bond acceptors (Lipinski definition) is 6. The molecule has 8 heteroatoms. The fourth-order valence-electron chi connectivity index (χ4n) is 2.43. The van der Waals surface area contributed by atoms with Gasteiger partial charge in [-0.25, -0.2) is 0 Å². The Morgan fingerprint density at radius 1 is 1.68 bits per heavy atom. The summed E-state index contributed by atoms with van der Waals surface area (Å²) in [5.41, 5.74) is 0. The summed E-state index contributed by atoms with van der Waals surface area (Å²) in [7, 11) is 0. The molecule has 1 fully saturated rings. The zero-order valence-corrected chi connectivity index (χ0v) is 11.2. The van der Waals surface area contributed by atoms with Gasteiger partial charge >= 0.3 is 5.82 Å². The molecule has 3 rings (SSSR count). The third-order valence-corrected chi connectivity index (χ3v) is 4.11. The van der Waals surface area contributed by atoms with Gasteiger partial charge in [-0.1, -0.05) is 11.3 Å². The van der Waals surface area contributed by atoms with E-state index < -0.39 is 0 Å². The van der Waals surface area contributed by atoms with Crippen molar-refractivity contribution in [3.63, 3.8) is 0 Å². The van der Waals surface area contributed by atoms with Gasteiger partial charge in [-0.3, -0.25) is 0 Å². The summed E-state index contributed by atoms with van der Waals surface area (Å²) in [4.78, 5) is 15.6. The molecule has 7 nitrogen and oxygen atoms in total. The molecule has 3 heterocycles. The van der Waals surface area contributed by atoms with Crippen molar-refractivity contribution in [1.82, 2.24) is 14.7 Å². The van der Waals surface area contributed by atoms with Crippen molar-refractivity contribution in [3.8, 4) is 0 Å². The molecule has 0 amide bonds. The zero-order chi connectivity index (χ0) is 13.2. The van der Waals surface area contributed by atoms with Crippen molar-refractivity contribution >= 4 is 27.9 Å². The Labute approximate surface area is 113 Å². The van der Waals surface area contributed by atoms with Crippen LogP contribution in [0, 0.1) is 10.1 Å². The Bertz CT molecular complexity index is 587. The highest BCUT2D eigenvalue weighted by molar-refractivity contribution is 7.15. The molecule has 0 aliphatic carbocycles. The minimum absolute atomic E-state index is 0.0237. The first-order chi connectivity index (χ1) is 9.25. The summed E-state index contributed by atoms with van der Waals surface area (Å²) in [6, 6.07) is 0.523. The topological polar surface area (TPSA) is 84.5 Å². The number of nitrogens with one attached hydrogen (secondary N) is 2. The van der Waals surface area contributed by atoms with E-state index in [1.54, 1.807) is 11.6 Å². The van der Waals surface area contributed by atoms with Gasteiger partial charge in [0.2, 0.25) is 5.82 Å². The molecule has 102 valence electrons. The highest BCUT2D eigenvalue weighted by Gasteiger charge is 2.23. The van der Waals surface area contributed by atoms with Crippen LogP contribution in [0.15, 0.2) is 11.6 Å².